The smallest absolute Gasteiger partial charge is 0.0812 e. The van der Waals surface area contributed by atoms with E-state index in [9.17, 15) is 0 Å². The van der Waals surface area contributed by atoms with Crippen molar-refractivity contribution in [2.24, 2.45) is 11.8 Å². The average molecular weight is 224 g/mol. The Hall–Kier alpha value is -0.300. The van der Waals surface area contributed by atoms with Crippen molar-refractivity contribution < 1.29 is 4.74 Å². The van der Waals surface area contributed by atoms with Crippen molar-refractivity contribution in [2.45, 2.75) is 65.4 Å². The zero-order valence-corrected chi connectivity index (χ0v) is 11.3. The van der Waals surface area contributed by atoms with Crippen molar-refractivity contribution in [1.29, 1.82) is 0 Å². The third-order valence-electron chi connectivity index (χ3n) is 3.89. The molecule has 1 heteroatoms. The number of epoxide rings is 1. The van der Waals surface area contributed by atoms with E-state index >= 15 is 0 Å². The summed E-state index contributed by atoms with van der Waals surface area (Å²) in [5.74, 6) is 1.67. The summed E-state index contributed by atoms with van der Waals surface area (Å²) in [5.41, 5.74) is 1.44. The summed E-state index contributed by atoms with van der Waals surface area (Å²) >= 11 is 0. The molecule has 16 heavy (non-hydrogen) atoms. The van der Waals surface area contributed by atoms with E-state index in [1.54, 1.807) is 0 Å². The fourth-order valence-electron chi connectivity index (χ4n) is 2.38. The fraction of sp³-hybridized carbons (Fsp3) is 0.867. The molecule has 1 nitrogen and oxygen atoms in total. The zero-order chi connectivity index (χ0) is 12.0. The lowest BCUT2D eigenvalue weighted by molar-refractivity contribution is 0.268. The van der Waals surface area contributed by atoms with Gasteiger partial charge in [0.15, 0.2) is 0 Å². The first-order valence-electron chi connectivity index (χ1n) is 6.95. The van der Waals surface area contributed by atoms with Crippen molar-refractivity contribution in [2.75, 3.05) is 6.61 Å². The summed E-state index contributed by atoms with van der Waals surface area (Å²) in [7, 11) is 0. The van der Waals surface area contributed by atoms with Crippen LogP contribution in [0, 0.1) is 11.8 Å². The van der Waals surface area contributed by atoms with E-state index in [2.05, 4.69) is 27.4 Å². The molecule has 0 aromatic carbocycles. The summed E-state index contributed by atoms with van der Waals surface area (Å²) < 4.78 is 5.37. The van der Waals surface area contributed by atoms with Crippen LogP contribution in [0.2, 0.25) is 0 Å². The van der Waals surface area contributed by atoms with Gasteiger partial charge in [0, 0.05) is 0 Å². The van der Waals surface area contributed by atoms with Crippen LogP contribution in [0.4, 0.5) is 0 Å². The van der Waals surface area contributed by atoms with Crippen LogP contribution in [-0.4, -0.2) is 12.7 Å². The standard InChI is InChI=1S/C15H28O/c1-5-7-12(3)8-9-14(13(4)6-2)10-15-11-16-15/h13-15H,3,5-11H2,1-2,4H3. The highest BCUT2D eigenvalue weighted by molar-refractivity contribution is 4.94. The summed E-state index contributed by atoms with van der Waals surface area (Å²) in [6.07, 6.45) is 8.11. The van der Waals surface area contributed by atoms with E-state index in [-0.39, 0.29) is 0 Å². The third-order valence-corrected chi connectivity index (χ3v) is 3.89. The molecule has 0 saturated carbocycles. The van der Waals surface area contributed by atoms with Gasteiger partial charge in [0.2, 0.25) is 0 Å². The molecule has 0 bridgehead atoms. The lowest BCUT2D eigenvalue weighted by Gasteiger charge is -2.22. The van der Waals surface area contributed by atoms with Gasteiger partial charge >= 0.3 is 0 Å². The highest BCUT2D eigenvalue weighted by Gasteiger charge is 2.28. The Kier molecular flexibility index (Phi) is 6.12. The Labute approximate surface area is 101 Å². The highest BCUT2D eigenvalue weighted by atomic mass is 16.6. The van der Waals surface area contributed by atoms with Crippen LogP contribution in [0.25, 0.3) is 0 Å². The van der Waals surface area contributed by atoms with Crippen molar-refractivity contribution in [1.82, 2.24) is 0 Å². The Balaban J connectivity index is 2.27. The van der Waals surface area contributed by atoms with Gasteiger partial charge in [-0.2, -0.15) is 0 Å². The topological polar surface area (TPSA) is 12.5 Å². The predicted octanol–water partition coefficient (Wildman–Crippen LogP) is 4.57. The van der Waals surface area contributed by atoms with E-state index in [1.165, 1.54) is 44.1 Å². The van der Waals surface area contributed by atoms with Crippen LogP contribution < -0.4 is 0 Å². The third kappa shape index (κ3) is 5.16. The van der Waals surface area contributed by atoms with Crippen LogP contribution in [0.15, 0.2) is 12.2 Å². The van der Waals surface area contributed by atoms with Crippen LogP contribution in [0.3, 0.4) is 0 Å². The van der Waals surface area contributed by atoms with E-state index in [1.807, 2.05) is 0 Å². The highest BCUT2D eigenvalue weighted by Crippen LogP contribution is 2.31. The van der Waals surface area contributed by atoms with Gasteiger partial charge in [0.05, 0.1) is 12.7 Å². The van der Waals surface area contributed by atoms with Crippen LogP contribution in [0.5, 0.6) is 0 Å². The molecule has 0 amide bonds. The second-order valence-corrected chi connectivity index (χ2v) is 5.38. The Bertz CT molecular complexity index is 205. The number of ether oxygens (including phenoxy) is 1. The van der Waals surface area contributed by atoms with E-state index < -0.39 is 0 Å². The fourth-order valence-corrected chi connectivity index (χ4v) is 2.38. The summed E-state index contributed by atoms with van der Waals surface area (Å²) in [4.78, 5) is 0. The van der Waals surface area contributed by atoms with E-state index in [4.69, 9.17) is 4.74 Å². The molecule has 1 saturated heterocycles. The maximum absolute atomic E-state index is 5.37. The lowest BCUT2D eigenvalue weighted by atomic mass is 9.83. The monoisotopic (exact) mass is 224 g/mol. The minimum Gasteiger partial charge on any atom is -0.373 e. The molecule has 0 aromatic heterocycles. The molecule has 1 fully saturated rings. The maximum atomic E-state index is 5.37. The molecule has 3 atom stereocenters. The van der Waals surface area contributed by atoms with Crippen LogP contribution in [-0.2, 0) is 4.74 Å². The summed E-state index contributed by atoms with van der Waals surface area (Å²) in [6.45, 7) is 12.1. The Morgan fingerprint density at radius 2 is 2.06 bits per heavy atom. The molecule has 0 aromatic rings. The normalized spacial score (nSPS) is 22.8. The van der Waals surface area contributed by atoms with Gasteiger partial charge in [-0.1, -0.05) is 45.8 Å². The molecule has 3 unspecified atom stereocenters. The van der Waals surface area contributed by atoms with Gasteiger partial charge < -0.3 is 4.74 Å². The molecule has 0 radical (unpaired) electrons. The molecule has 0 N–H and O–H groups in total. The molecular weight excluding hydrogens is 196 g/mol. The van der Waals surface area contributed by atoms with Gasteiger partial charge in [-0.05, 0) is 37.5 Å². The van der Waals surface area contributed by atoms with E-state index in [0.29, 0.717) is 6.10 Å². The molecule has 0 aliphatic carbocycles. The van der Waals surface area contributed by atoms with Gasteiger partial charge in [0.25, 0.3) is 0 Å². The van der Waals surface area contributed by atoms with Gasteiger partial charge in [-0.15, -0.1) is 0 Å². The molecule has 0 spiro atoms. The summed E-state index contributed by atoms with van der Waals surface area (Å²) in [6, 6.07) is 0. The molecular formula is C15H28O. The predicted molar refractivity (Wildman–Crippen MR) is 70.6 cm³/mol. The summed E-state index contributed by atoms with van der Waals surface area (Å²) in [5, 5.41) is 0. The molecule has 1 aliphatic heterocycles. The first-order valence-corrected chi connectivity index (χ1v) is 6.95. The Morgan fingerprint density at radius 1 is 1.38 bits per heavy atom. The molecule has 94 valence electrons. The molecule has 1 rings (SSSR count). The number of allylic oxidation sites excluding steroid dienone is 1. The minimum absolute atomic E-state index is 0.582. The van der Waals surface area contributed by atoms with Crippen molar-refractivity contribution >= 4 is 0 Å². The largest absolute Gasteiger partial charge is 0.373 e. The van der Waals surface area contributed by atoms with Crippen LogP contribution in [0.1, 0.15) is 59.3 Å². The number of hydrogen-bond acceptors (Lipinski definition) is 1. The molecule has 1 heterocycles. The maximum Gasteiger partial charge on any atom is 0.0812 e. The van der Waals surface area contributed by atoms with Crippen LogP contribution >= 0.6 is 0 Å². The van der Waals surface area contributed by atoms with Gasteiger partial charge in [-0.3, -0.25) is 0 Å². The van der Waals surface area contributed by atoms with Crippen molar-refractivity contribution in [3.63, 3.8) is 0 Å². The number of rotatable bonds is 9. The first kappa shape index (κ1) is 13.8. The lowest BCUT2D eigenvalue weighted by Crippen LogP contribution is -2.14. The minimum atomic E-state index is 0.582. The molecule has 1 aliphatic rings. The zero-order valence-electron chi connectivity index (χ0n) is 11.3. The number of hydrogen-bond donors (Lipinski definition) is 0. The second kappa shape index (κ2) is 7.11. The quantitative estimate of drug-likeness (QED) is 0.413. The average Bonchev–Trinajstić information content (AvgIpc) is 3.07. The van der Waals surface area contributed by atoms with Crippen molar-refractivity contribution in [3.8, 4) is 0 Å². The first-order chi connectivity index (χ1) is 7.67. The van der Waals surface area contributed by atoms with Gasteiger partial charge in [0.1, 0.15) is 0 Å². The van der Waals surface area contributed by atoms with Crippen molar-refractivity contribution in [3.05, 3.63) is 12.2 Å². The SMILES string of the molecule is C=C(CCC)CCC(CC1CO1)C(C)CC. The second-order valence-electron chi connectivity index (χ2n) is 5.38. The Morgan fingerprint density at radius 3 is 2.56 bits per heavy atom. The van der Waals surface area contributed by atoms with Gasteiger partial charge in [-0.25, -0.2) is 0 Å². The van der Waals surface area contributed by atoms with E-state index in [0.717, 1.165) is 18.4 Å².